The molecule has 1 aromatic carbocycles. The van der Waals surface area contributed by atoms with Gasteiger partial charge in [-0.1, -0.05) is 12.1 Å². The van der Waals surface area contributed by atoms with Crippen molar-refractivity contribution >= 4 is 11.8 Å². The Morgan fingerprint density at radius 1 is 1.23 bits per heavy atom. The van der Waals surface area contributed by atoms with E-state index in [1.54, 1.807) is 19.1 Å². The van der Waals surface area contributed by atoms with Crippen LogP contribution in [-0.2, 0) is 6.42 Å². The normalized spacial score (nSPS) is 14.5. The van der Waals surface area contributed by atoms with Gasteiger partial charge in [-0.05, 0) is 50.6 Å². The van der Waals surface area contributed by atoms with Crippen LogP contribution in [0.1, 0.15) is 40.3 Å². The van der Waals surface area contributed by atoms with Crippen molar-refractivity contribution in [1.82, 2.24) is 14.9 Å². The Kier molecular flexibility index (Phi) is 5.78. The quantitative estimate of drug-likeness (QED) is 0.792. The van der Waals surface area contributed by atoms with Crippen LogP contribution in [0.3, 0.4) is 0 Å². The zero-order valence-electron chi connectivity index (χ0n) is 14.8. The molecule has 7 heteroatoms. The number of carboxylic acid groups (broad SMARTS) is 1. The van der Waals surface area contributed by atoms with E-state index in [0.717, 1.165) is 31.7 Å². The van der Waals surface area contributed by atoms with Crippen LogP contribution in [0.4, 0.5) is 10.2 Å². The molecule has 2 aromatic rings. The number of carbonyl (C=O) groups is 1. The molecule has 0 atom stereocenters. The summed E-state index contributed by atoms with van der Waals surface area (Å²) in [5, 5.41) is 12.6. The van der Waals surface area contributed by atoms with E-state index in [1.807, 2.05) is 0 Å². The van der Waals surface area contributed by atoms with Crippen molar-refractivity contribution in [3.8, 4) is 0 Å². The molecule has 0 amide bonds. The first-order valence-electron chi connectivity index (χ1n) is 8.84. The third-order valence-corrected chi connectivity index (χ3v) is 4.55. The molecule has 0 radical (unpaired) electrons. The fourth-order valence-corrected chi connectivity index (χ4v) is 3.16. The Morgan fingerprint density at radius 3 is 2.58 bits per heavy atom. The van der Waals surface area contributed by atoms with Crippen molar-refractivity contribution < 1.29 is 14.3 Å². The fraction of sp³-hybridized carbons (Fsp3) is 0.421. The highest BCUT2D eigenvalue weighted by Gasteiger charge is 2.17. The molecule has 138 valence electrons. The fourth-order valence-electron chi connectivity index (χ4n) is 3.16. The molecule has 1 saturated heterocycles. The molecule has 0 aliphatic carbocycles. The largest absolute Gasteiger partial charge is 0.476 e. The van der Waals surface area contributed by atoms with E-state index in [9.17, 15) is 14.3 Å². The number of aromatic carboxylic acids is 1. The topological polar surface area (TPSA) is 78.4 Å². The number of rotatable bonds is 7. The number of hydrogen-bond acceptors (Lipinski definition) is 5. The van der Waals surface area contributed by atoms with Crippen LogP contribution in [0.2, 0.25) is 0 Å². The minimum atomic E-state index is -1.10. The lowest BCUT2D eigenvalue weighted by Crippen LogP contribution is -2.26. The summed E-state index contributed by atoms with van der Waals surface area (Å²) >= 11 is 0. The van der Waals surface area contributed by atoms with E-state index in [4.69, 9.17) is 0 Å². The smallest absolute Gasteiger partial charge is 0.356 e. The van der Waals surface area contributed by atoms with Crippen LogP contribution in [0.5, 0.6) is 0 Å². The van der Waals surface area contributed by atoms with Gasteiger partial charge in [0, 0.05) is 19.5 Å². The molecule has 1 aromatic heterocycles. The van der Waals surface area contributed by atoms with Gasteiger partial charge in [-0.2, -0.15) is 0 Å². The molecular formula is C19H23FN4O2. The number of benzene rings is 1. The predicted molar refractivity (Wildman–Crippen MR) is 97.1 cm³/mol. The standard InChI is InChI=1S/C19H23FN4O2/c1-13-17(19(25)26)23-16(12-14-4-6-15(20)7-5-14)18(22-13)21-8-11-24-9-2-3-10-24/h4-7H,2-3,8-12H2,1H3,(H,21,22)(H,25,26). The number of halogens is 1. The van der Waals surface area contributed by atoms with Crippen molar-refractivity contribution in [2.75, 3.05) is 31.5 Å². The first kappa shape index (κ1) is 18.3. The van der Waals surface area contributed by atoms with Crippen LogP contribution in [0.15, 0.2) is 24.3 Å². The van der Waals surface area contributed by atoms with Gasteiger partial charge in [0.15, 0.2) is 5.69 Å². The minimum absolute atomic E-state index is 0.0489. The summed E-state index contributed by atoms with van der Waals surface area (Å²) in [5.41, 5.74) is 1.74. The number of nitrogens with one attached hydrogen (secondary N) is 1. The van der Waals surface area contributed by atoms with E-state index in [2.05, 4.69) is 20.2 Å². The van der Waals surface area contributed by atoms with Gasteiger partial charge in [-0.25, -0.2) is 19.2 Å². The molecule has 1 aliphatic rings. The SMILES string of the molecule is Cc1nc(NCCN2CCCC2)c(Cc2ccc(F)cc2)nc1C(=O)O. The van der Waals surface area contributed by atoms with Crippen molar-refractivity contribution in [3.05, 3.63) is 52.7 Å². The highest BCUT2D eigenvalue weighted by Crippen LogP contribution is 2.18. The summed E-state index contributed by atoms with van der Waals surface area (Å²) < 4.78 is 13.1. The third kappa shape index (κ3) is 4.54. The highest BCUT2D eigenvalue weighted by atomic mass is 19.1. The Balaban J connectivity index is 1.79. The zero-order valence-corrected chi connectivity index (χ0v) is 14.8. The Hall–Kier alpha value is -2.54. The molecule has 0 spiro atoms. The number of likely N-dealkylation sites (tertiary alicyclic amines) is 1. The number of aromatic nitrogens is 2. The van der Waals surface area contributed by atoms with Gasteiger partial charge in [0.25, 0.3) is 0 Å². The second kappa shape index (κ2) is 8.23. The maximum Gasteiger partial charge on any atom is 0.356 e. The Bertz CT molecular complexity index is 774. The molecular weight excluding hydrogens is 335 g/mol. The Labute approximate surface area is 152 Å². The van der Waals surface area contributed by atoms with Gasteiger partial charge < -0.3 is 15.3 Å². The van der Waals surface area contributed by atoms with Gasteiger partial charge in [-0.3, -0.25) is 0 Å². The van der Waals surface area contributed by atoms with Crippen LogP contribution in [-0.4, -0.2) is 52.1 Å². The maximum atomic E-state index is 13.1. The molecule has 0 unspecified atom stereocenters. The zero-order chi connectivity index (χ0) is 18.5. The molecule has 0 saturated carbocycles. The minimum Gasteiger partial charge on any atom is -0.476 e. The highest BCUT2D eigenvalue weighted by molar-refractivity contribution is 5.86. The molecule has 3 rings (SSSR count). The van der Waals surface area contributed by atoms with Gasteiger partial charge in [0.2, 0.25) is 0 Å². The number of aryl methyl sites for hydroxylation is 1. The second-order valence-electron chi connectivity index (χ2n) is 6.54. The van der Waals surface area contributed by atoms with Crippen molar-refractivity contribution in [2.24, 2.45) is 0 Å². The molecule has 0 bridgehead atoms. The molecule has 1 aliphatic heterocycles. The molecule has 6 nitrogen and oxygen atoms in total. The third-order valence-electron chi connectivity index (χ3n) is 4.55. The van der Waals surface area contributed by atoms with Crippen LogP contribution < -0.4 is 5.32 Å². The van der Waals surface area contributed by atoms with Crippen molar-refractivity contribution in [1.29, 1.82) is 0 Å². The van der Waals surface area contributed by atoms with Crippen molar-refractivity contribution in [3.63, 3.8) is 0 Å². The first-order valence-corrected chi connectivity index (χ1v) is 8.84. The van der Waals surface area contributed by atoms with Crippen LogP contribution in [0, 0.1) is 12.7 Å². The van der Waals surface area contributed by atoms with Crippen LogP contribution in [0.25, 0.3) is 0 Å². The summed E-state index contributed by atoms with van der Waals surface area (Å²) in [6.07, 6.45) is 2.87. The lowest BCUT2D eigenvalue weighted by Gasteiger charge is -2.17. The van der Waals surface area contributed by atoms with Crippen molar-refractivity contribution in [2.45, 2.75) is 26.2 Å². The monoisotopic (exact) mass is 358 g/mol. The number of anilines is 1. The molecule has 1 fully saturated rings. The van der Waals surface area contributed by atoms with Gasteiger partial charge in [0.05, 0.1) is 11.4 Å². The van der Waals surface area contributed by atoms with Gasteiger partial charge in [-0.15, -0.1) is 0 Å². The van der Waals surface area contributed by atoms with E-state index < -0.39 is 5.97 Å². The number of hydrogen-bond donors (Lipinski definition) is 2. The predicted octanol–water partition coefficient (Wildman–Crippen LogP) is 2.72. The van der Waals surface area contributed by atoms with Gasteiger partial charge >= 0.3 is 5.97 Å². The number of nitrogens with zero attached hydrogens (tertiary/aromatic N) is 3. The number of carboxylic acids is 1. The molecule has 2 heterocycles. The lowest BCUT2D eigenvalue weighted by atomic mass is 10.1. The Morgan fingerprint density at radius 2 is 1.92 bits per heavy atom. The van der Waals surface area contributed by atoms with Crippen LogP contribution >= 0.6 is 0 Å². The summed E-state index contributed by atoms with van der Waals surface area (Å²) in [6.45, 7) is 5.51. The second-order valence-corrected chi connectivity index (χ2v) is 6.54. The lowest BCUT2D eigenvalue weighted by molar-refractivity contribution is 0.0688. The average Bonchev–Trinajstić information content (AvgIpc) is 3.12. The summed E-state index contributed by atoms with van der Waals surface area (Å²) in [6, 6.07) is 6.11. The summed E-state index contributed by atoms with van der Waals surface area (Å²) in [4.78, 5) is 22.5. The summed E-state index contributed by atoms with van der Waals surface area (Å²) in [7, 11) is 0. The van der Waals surface area contributed by atoms with E-state index in [0.29, 0.717) is 23.6 Å². The van der Waals surface area contributed by atoms with E-state index in [1.165, 1.54) is 25.0 Å². The van der Waals surface area contributed by atoms with E-state index in [-0.39, 0.29) is 11.5 Å². The average molecular weight is 358 g/mol. The molecule has 26 heavy (non-hydrogen) atoms. The maximum absolute atomic E-state index is 13.1. The van der Waals surface area contributed by atoms with E-state index >= 15 is 0 Å². The first-order chi connectivity index (χ1) is 12.5. The van der Waals surface area contributed by atoms with Gasteiger partial charge in [0.1, 0.15) is 11.6 Å². The summed E-state index contributed by atoms with van der Waals surface area (Å²) in [5.74, 6) is -0.811. The molecule has 2 N–H and O–H groups in total.